The van der Waals surface area contributed by atoms with Crippen LogP contribution in [0.5, 0.6) is 0 Å². The van der Waals surface area contributed by atoms with Gasteiger partial charge in [-0.05, 0) is 49.5 Å². The normalized spacial score (nSPS) is 20.1. The third-order valence-electron chi connectivity index (χ3n) is 5.59. The van der Waals surface area contributed by atoms with Crippen molar-refractivity contribution < 1.29 is 9.53 Å². The van der Waals surface area contributed by atoms with Gasteiger partial charge < -0.3 is 20.5 Å². The van der Waals surface area contributed by atoms with Crippen molar-refractivity contribution in [1.29, 1.82) is 0 Å². The summed E-state index contributed by atoms with van der Waals surface area (Å²) in [4.78, 5) is 16.5. The number of hydrogen-bond donors (Lipinski definition) is 4. The van der Waals surface area contributed by atoms with Gasteiger partial charge in [-0.2, -0.15) is 0 Å². The number of benzene rings is 1. The summed E-state index contributed by atoms with van der Waals surface area (Å²) in [6.07, 6.45) is 2.81. The third kappa shape index (κ3) is 3.59. The maximum absolute atomic E-state index is 12.9. The SMILES string of the molecule is CCc1cccc2c3c([nH]c12)C(CC)(CC(=O)C(C)NC(=S)NN)OCC3. The van der Waals surface area contributed by atoms with Crippen molar-refractivity contribution in [1.82, 2.24) is 15.7 Å². The maximum Gasteiger partial charge on any atom is 0.181 e. The van der Waals surface area contributed by atoms with Crippen molar-refractivity contribution in [3.8, 4) is 0 Å². The Balaban J connectivity index is 1.98. The molecule has 2 heterocycles. The minimum atomic E-state index is -0.637. The van der Waals surface area contributed by atoms with Gasteiger partial charge in [0.2, 0.25) is 0 Å². The van der Waals surface area contributed by atoms with Crippen molar-refractivity contribution in [3.05, 3.63) is 35.0 Å². The van der Waals surface area contributed by atoms with Crippen LogP contribution in [0.2, 0.25) is 0 Å². The minimum absolute atomic E-state index is 0.0386. The standard InChI is InChI=1S/C20H28N4O2S/c1-4-13-7-6-8-14-15-9-10-26-20(5-2,18(15)23-17(13)14)11-16(25)12(3)22-19(27)24-21/h6-8,12,23H,4-5,9-11,21H2,1-3H3,(H2,22,24,27). The second-order valence-corrected chi connectivity index (χ2v) is 7.51. The number of aryl methyl sites for hydroxylation is 1. The van der Waals surface area contributed by atoms with Gasteiger partial charge in [0.1, 0.15) is 5.60 Å². The number of hydrazine groups is 1. The van der Waals surface area contributed by atoms with E-state index in [0.29, 0.717) is 13.0 Å². The number of Topliss-reactive ketones (excluding diaryl/α,β-unsaturated/α-hetero) is 1. The highest BCUT2D eigenvalue weighted by molar-refractivity contribution is 7.80. The topological polar surface area (TPSA) is 92.2 Å². The van der Waals surface area contributed by atoms with E-state index in [1.54, 1.807) is 6.92 Å². The first kappa shape index (κ1) is 19.8. The fourth-order valence-electron chi connectivity index (χ4n) is 3.99. The highest BCUT2D eigenvalue weighted by Crippen LogP contribution is 2.42. The summed E-state index contributed by atoms with van der Waals surface area (Å²) in [5, 5.41) is 4.41. The number of ketones is 1. The zero-order valence-electron chi connectivity index (χ0n) is 16.1. The molecule has 0 saturated heterocycles. The Labute approximate surface area is 165 Å². The van der Waals surface area contributed by atoms with E-state index in [-0.39, 0.29) is 17.3 Å². The number of carbonyl (C=O) groups is 1. The van der Waals surface area contributed by atoms with Crippen LogP contribution < -0.4 is 16.6 Å². The molecule has 2 aromatic rings. The Bertz CT molecular complexity index is 863. The predicted molar refractivity (Wildman–Crippen MR) is 111 cm³/mol. The molecule has 0 radical (unpaired) electrons. The Kier molecular flexibility index (Phi) is 5.83. The summed E-state index contributed by atoms with van der Waals surface area (Å²) >= 11 is 5.01. The molecule has 0 amide bonds. The van der Waals surface area contributed by atoms with Gasteiger partial charge in [0, 0.05) is 17.3 Å². The number of carbonyl (C=O) groups excluding carboxylic acids is 1. The number of hydrogen-bond acceptors (Lipinski definition) is 4. The van der Waals surface area contributed by atoms with Crippen molar-refractivity contribution in [3.63, 3.8) is 0 Å². The summed E-state index contributed by atoms with van der Waals surface area (Å²) in [6, 6.07) is 5.97. The van der Waals surface area contributed by atoms with Crippen LogP contribution >= 0.6 is 12.2 Å². The van der Waals surface area contributed by atoms with Gasteiger partial charge in [0.25, 0.3) is 0 Å². The van der Waals surface area contributed by atoms with Gasteiger partial charge in [0.15, 0.2) is 10.9 Å². The number of rotatable bonds is 6. The molecule has 0 spiro atoms. The van der Waals surface area contributed by atoms with Gasteiger partial charge in [-0.3, -0.25) is 4.79 Å². The molecule has 2 atom stereocenters. The van der Waals surface area contributed by atoms with Crippen LogP contribution in [0.3, 0.4) is 0 Å². The number of fused-ring (bicyclic) bond motifs is 3. The van der Waals surface area contributed by atoms with Crippen LogP contribution in [-0.2, 0) is 28.0 Å². The molecule has 0 fully saturated rings. The highest BCUT2D eigenvalue weighted by Gasteiger charge is 2.41. The zero-order chi connectivity index (χ0) is 19.6. The van der Waals surface area contributed by atoms with Crippen LogP contribution in [-0.4, -0.2) is 28.5 Å². The summed E-state index contributed by atoms with van der Waals surface area (Å²) in [7, 11) is 0. The number of nitrogens with one attached hydrogen (secondary N) is 3. The Morgan fingerprint density at radius 2 is 2.22 bits per heavy atom. The molecule has 1 aromatic heterocycles. The molecule has 5 N–H and O–H groups in total. The molecule has 1 aliphatic rings. The Hall–Kier alpha value is -1.96. The highest BCUT2D eigenvalue weighted by atomic mass is 32.1. The fraction of sp³-hybridized carbons (Fsp3) is 0.500. The lowest BCUT2D eigenvalue weighted by Crippen LogP contribution is -2.48. The van der Waals surface area contributed by atoms with Crippen molar-refractivity contribution in [2.75, 3.05) is 6.61 Å². The monoisotopic (exact) mass is 388 g/mol. The molecule has 0 bridgehead atoms. The molecule has 7 heteroatoms. The summed E-state index contributed by atoms with van der Waals surface area (Å²) in [5.74, 6) is 5.33. The summed E-state index contributed by atoms with van der Waals surface area (Å²) < 4.78 is 6.24. The van der Waals surface area contributed by atoms with E-state index < -0.39 is 11.6 Å². The first-order valence-electron chi connectivity index (χ1n) is 9.52. The molecule has 3 rings (SSSR count). The number of para-hydroxylation sites is 1. The quantitative estimate of drug-likeness (QED) is 0.345. The molecule has 2 unspecified atom stereocenters. The largest absolute Gasteiger partial charge is 0.368 e. The summed E-state index contributed by atoms with van der Waals surface area (Å²) in [5.41, 5.74) is 6.50. The van der Waals surface area contributed by atoms with Gasteiger partial charge in [-0.25, -0.2) is 5.84 Å². The lowest BCUT2D eigenvalue weighted by molar-refractivity contribution is -0.132. The average molecular weight is 389 g/mol. The first-order valence-corrected chi connectivity index (χ1v) is 9.93. The molecular weight excluding hydrogens is 360 g/mol. The van der Waals surface area contributed by atoms with Gasteiger partial charge in [0.05, 0.1) is 18.3 Å². The van der Waals surface area contributed by atoms with Crippen molar-refractivity contribution in [2.45, 2.75) is 58.1 Å². The maximum atomic E-state index is 12.9. The van der Waals surface area contributed by atoms with Crippen LogP contribution in [0.25, 0.3) is 10.9 Å². The smallest absolute Gasteiger partial charge is 0.181 e. The Morgan fingerprint density at radius 1 is 1.44 bits per heavy atom. The lowest BCUT2D eigenvalue weighted by atomic mass is 9.83. The molecule has 146 valence electrons. The predicted octanol–water partition coefficient (Wildman–Crippen LogP) is 2.59. The Morgan fingerprint density at radius 3 is 2.89 bits per heavy atom. The molecular formula is C20H28N4O2S. The van der Waals surface area contributed by atoms with Gasteiger partial charge in [-0.15, -0.1) is 0 Å². The van der Waals surface area contributed by atoms with Crippen LogP contribution in [0.1, 0.15) is 50.4 Å². The number of thiocarbonyl (C=S) groups is 1. The van der Waals surface area contributed by atoms with Crippen LogP contribution in [0, 0.1) is 0 Å². The first-order chi connectivity index (χ1) is 13.0. The lowest BCUT2D eigenvalue weighted by Gasteiger charge is -2.37. The molecule has 0 saturated carbocycles. The van der Waals surface area contributed by atoms with E-state index >= 15 is 0 Å². The molecule has 1 aromatic carbocycles. The van der Waals surface area contributed by atoms with Gasteiger partial charge in [-0.1, -0.05) is 32.0 Å². The van der Waals surface area contributed by atoms with Gasteiger partial charge >= 0.3 is 0 Å². The van der Waals surface area contributed by atoms with Crippen LogP contribution in [0.15, 0.2) is 18.2 Å². The fourth-order valence-corrected chi connectivity index (χ4v) is 4.17. The summed E-state index contributed by atoms with van der Waals surface area (Å²) in [6.45, 7) is 6.63. The minimum Gasteiger partial charge on any atom is -0.368 e. The van der Waals surface area contributed by atoms with E-state index in [0.717, 1.165) is 18.5 Å². The zero-order valence-corrected chi connectivity index (χ0v) is 17.0. The number of aromatic amines is 1. The average Bonchev–Trinajstić information content (AvgIpc) is 3.07. The van der Waals surface area contributed by atoms with Crippen molar-refractivity contribution in [2.24, 2.45) is 5.84 Å². The van der Waals surface area contributed by atoms with E-state index in [2.05, 4.69) is 47.8 Å². The molecule has 1 aliphatic heterocycles. The number of ether oxygens (including phenoxy) is 1. The van der Waals surface area contributed by atoms with Crippen LogP contribution in [0.4, 0.5) is 0 Å². The second kappa shape index (κ2) is 7.96. The molecule has 6 nitrogen and oxygen atoms in total. The van der Waals surface area contributed by atoms with E-state index in [1.807, 2.05) is 0 Å². The third-order valence-corrected chi connectivity index (χ3v) is 5.82. The van der Waals surface area contributed by atoms with E-state index in [4.69, 9.17) is 22.8 Å². The second-order valence-electron chi connectivity index (χ2n) is 7.10. The molecule has 27 heavy (non-hydrogen) atoms. The van der Waals surface area contributed by atoms with E-state index in [1.165, 1.54) is 22.0 Å². The number of nitrogens with two attached hydrogens (primary N) is 1. The number of H-pyrrole nitrogens is 1. The number of aromatic nitrogens is 1. The molecule has 0 aliphatic carbocycles. The van der Waals surface area contributed by atoms with E-state index in [9.17, 15) is 4.79 Å². The van der Waals surface area contributed by atoms with Crippen molar-refractivity contribution >= 4 is 34.0 Å².